The highest BCUT2D eigenvalue weighted by Crippen LogP contribution is 2.23. The number of nitro groups is 1. The standard InChI is InChI=1S/C10H10ClNO3/c11-9-4-5-10(12(14)15)8(7-9)3-1-2-6-13/h1,3-5,7,13H,2,6H2. The molecule has 0 unspecified atom stereocenters. The second-order valence-electron chi connectivity index (χ2n) is 2.87. The maximum atomic E-state index is 10.6. The lowest BCUT2D eigenvalue weighted by Gasteiger charge is -1.97. The van der Waals surface area contributed by atoms with E-state index in [1.165, 1.54) is 18.2 Å². The fourth-order valence-electron chi connectivity index (χ4n) is 1.11. The second kappa shape index (κ2) is 5.48. The zero-order valence-corrected chi connectivity index (χ0v) is 8.65. The van der Waals surface area contributed by atoms with Gasteiger partial charge >= 0.3 is 0 Å². The van der Waals surface area contributed by atoms with Crippen LogP contribution in [-0.2, 0) is 0 Å². The van der Waals surface area contributed by atoms with Crippen LogP contribution in [0.1, 0.15) is 12.0 Å². The third-order valence-corrected chi connectivity index (χ3v) is 2.01. The summed E-state index contributed by atoms with van der Waals surface area (Å²) in [6.07, 6.45) is 3.71. The summed E-state index contributed by atoms with van der Waals surface area (Å²) in [5.74, 6) is 0. The molecule has 4 nitrogen and oxygen atoms in total. The van der Waals surface area contributed by atoms with Crippen molar-refractivity contribution in [1.82, 2.24) is 0 Å². The molecule has 0 saturated heterocycles. The Hall–Kier alpha value is -1.39. The molecule has 0 aliphatic carbocycles. The van der Waals surface area contributed by atoms with E-state index in [0.717, 1.165) is 0 Å². The number of halogens is 1. The van der Waals surface area contributed by atoms with Crippen LogP contribution in [0.15, 0.2) is 24.3 Å². The largest absolute Gasteiger partial charge is 0.396 e. The van der Waals surface area contributed by atoms with Gasteiger partial charge in [0.25, 0.3) is 5.69 Å². The first-order valence-corrected chi connectivity index (χ1v) is 4.74. The Kier molecular flexibility index (Phi) is 4.27. The maximum absolute atomic E-state index is 10.6. The predicted molar refractivity (Wildman–Crippen MR) is 58.8 cm³/mol. The van der Waals surface area contributed by atoms with Crippen LogP contribution in [0.4, 0.5) is 5.69 Å². The zero-order valence-electron chi connectivity index (χ0n) is 7.89. The average molecular weight is 228 g/mol. The van der Waals surface area contributed by atoms with Gasteiger partial charge in [-0.25, -0.2) is 0 Å². The summed E-state index contributed by atoms with van der Waals surface area (Å²) in [6.45, 7) is 0.0187. The quantitative estimate of drug-likeness (QED) is 0.635. The lowest BCUT2D eigenvalue weighted by Crippen LogP contribution is -1.91. The van der Waals surface area contributed by atoms with Crippen LogP contribution in [0.5, 0.6) is 0 Å². The van der Waals surface area contributed by atoms with Crippen molar-refractivity contribution in [2.24, 2.45) is 0 Å². The van der Waals surface area contributed by atoms with E-state index in [4.69, 9.17) is 16.7 Å². The molecule has 0 fully saturated rings. The third kappa shape index (κ3) is 3.34. The molecule has 0 amide bonds. The first-order valence-electron chi connectivity index (χ1n) is 4.36. The van der Waals surface area contributed by atoms with Gasteiger partial charge in [-0.15, -0.1) is 0 Å². The lowest BCUT2D eigenvalue weighted by atomic mass is 10.1. The Morgan fingerprint density at radius 3 is 2.87 bits per heavy atom. The van der Waals surface area contributed by atoms with Crippen molar-refractivity contribution in [3.8, 4) is 0 Å². The van der Waals surface area contributed by atoms with Crippen molar-refractivity contribution in [3.63, 3.8) is 0 Å². The monoisotopic (exact) mass is 227 g/mol. The third-order valence-electron chi connectivity index (χ3n) is 1.78. The van der Waals surface area contributed by atoms with E-state index in [0.29, 0.717) is 17.0 Å². The van der Waals surface area contributed by atoms with Gasteiger partial charge in [0.15, 0.2) is 0 Å². The summed E-state index contributed by atoms with van der Waals surface area (Å²) in [6, 6.07) is 4.36. The van der Waals surface area contributed by atoms with Crippen LogP contribution in [0, 0.1) is 10.1 Å². The van der Waals surface area contributed by atoms with Gasteiger partial charge in [-0.1, -0.05) is 23.8 Å². The summed E-state index contributed by atoms with van der Waals surface area (Å²) < 4.78 is 0. The molecular formula is C10H10ClNO3. The van der Waals surface area contributed by atoms with Crippen LogP contribution in [-0.4, -0.2) is 16.6 Å². The van der Waals surface area contributed by atoms with Crippen molar-refractivity contribution in [3.05, 3.63) is 45.0 Å². The molecule has 5 heteroatoms. The molecule has 0 bridgehead atoms. The summed E-state index contributed by atoms with van der Waals surface area (Å²) >= 11 is 5.73. The number of hydrogen-bond donors (Lipinski definition) is 1. The fraction of sp³-hybridized carbons (Fsp3) is 0.200. The molecule has 1 rings (SSSR count). The molecule has 80 valence electrons. The Balaban J connectivity index is 3.02. The Bertz CT molecular complexity index is 390. The van der Waals surface area contributed by atoms with Gasteiger partial charge in [0, 0.05) is 17.7 Å². The summed E-state index contributed by atoms with van der Waals surface area (Å²) in [4.78, 5) is 10.2. The molecule has 0 saturated carbocycles. The molecule has 15 heavy (non-hydrogen) atoms. The molecule has 0 aromatic heterocycles. The Morgan fingerprint density at radius 2 is 2.27 bits per heavy atom. The van der Waals surface area contributed by atoms with Gasteiger partial charge in [0.2, 0.25) is 0 Å². The first kappa shape index (κ1) is 11.7. The van der Waals surface area contributed by atoms with Gasteiger partial charge in [0.1, 0.15) is 0 Å². The van der Waals surface area contributed by atoms with Gasteiger partial charge in [-0.05, 0) is 18.6 Å². The van der Waals surface area contributed by atoms with Crippen molar-refractivity contribution in [1.29, 1.82) is 0 Å². The average Bonchev–Trinajstić information content (AvgIpc) is 2.18. The van der Waals surface area contributed by atoms with E-state index in [-0.39, 0.29) is 12.3 Å². The number of rotatable bonds is 4. The molecule has 0 spiro atoms. The van der Waals surface area contributed by atoms with E-state index in [2.05, 4.69) is 0 Å². The predicted octanol–water partition coefficient (Wildman–Crippen LogP) is 2.64. The molecule has 1 aromatic rings. The number of benzene rings is 1. The van der Waals surface area contributed by atoms with E-state index in [9.17, 15) is 10.1 Å². The SMILES string of the molecule is O=[N+]([O-])c1ccc(Cl)cc1C=CCCO. The molecule has 0 heterocycles. The zero-order chi connectivity index (χ0) is 11.3. The van der Waals surface area contributed by atoms with Crippen LogP contribution < -0.4 is 0 Å². The topological polar surface area (TPSA) is 63.4 Å². The molecule has 0 aliphatic heterocycles. The van der Waals surface area contributed by atoms with Gasteiger partial charge in [0.05, 0.1) is 10.5 Å². The van der Waals surface area contributed by atoms with Crippen LogP contribution in [0.3, 0.4) is 0 Å². The highest BCUT2D eigenvalue weighted by Gasteiger charge is 2.10. The summed E-state index contributed by atoms with van der Waals surface area (Å²) in [7, 11) is 0. The second-order valence-corrected chi connectivity index (χ2v) is 3.31. The van der Waals surface area contributed by atoms with Crippen molar-refractivity contribution >= 4 is 23.4 Å². The first-order chi connectivity index (χ1) is 7.15. The minimum atomic E-state index is -0.463. The Morgan fingerprint density at radius 1 is 1.53 bits per heavy atom. The van der Waals surface area contributed by atoms with Crippen LogP contribution >= 0.6 is 11.6 Å². The smallest absolute Gasteiger partial charge is 0.276 e. The lowest BCUT2D eigenvalue weighted by molar-refractivity contribution is -0.385. The van der Waals surface area contributed by atoms with E-state index in [1.54, 1.807) is 12.2 Å². The van der Waals surface area contributed by atoms with E-state index >= 15 is 0 Å². The molecule has 0 aliphatic rings. The maximum Gasteiger partial charge on any atom is 0.276 e. The van der Waals surface area contributed by atoms with Crippen molar-refractivity contribution in [2.75, 3.05) is 6.61 Å². The van der Waals surface area contributed by atoms with Gasteiger partial charge < -0.3 is 5.11 Å². The normalized spacial score (nSPS) is 10.8. The highest BCUT2D eigenvalue weighted by molar-refractivity contribution is 6.30. The number of hydrogen-bond acceptors (Lipinski definition) is 3. The van der Waals surface area contributed by atoms with Gasteiger partial charge in [-0.2, -0.15) is 0 Å². The number of aliphatic hydroxyl groups is 1. The highest BCUT2D eigenvalue weighted by atomic mass is 35.5. The minimum absolute atomic E-state index is 0.00795. The van der Waals surface area contributed by atoms with Crippen LogP contribution in [0.2, 0.25) is 5.02 Å². The van der Waals surface area contributed by atoms with Crippen molar-refractivity contribution < 1.29 is 10.0 Å². The molecule has 0 radical (unpaired) electrons. The molecule has 0 atom stereocenters. The summed E-state index contributed by atoms with van der Waals surface area (Å²) in [5.41, 5.74) is 0.453. The van der Waals surface area contributed by atoms with Crippen LogP contribution in [0.25, 0.3) is 6.08 Å². The number of nitro benzene ring substituents is 1. The molecular weight excluding hydrogens is 218 g/mol. The fourth-order valence-corrected chi connectivity index (χ4v) is 1.29. The molecule has 1 aromatic carbocycles. The van der Waals surface area contributed by atoms with E-state index < -0.39 is 4.92 Å². The molecule has 1 N–H and O–H groups in total. The summed E-state index contributed by atoms with van der Waals surface area (Å²) in [5, 5.41) is 19.7. The Labute approximate surface area is 92.0 Å². The number of aliphatic hydroxyl groups excluding tert-OH is 1. The number of nitrogens with zero attached hydrogens (tertiary/aromatic N) is 1. The van der Waals surface area contributed by atoms with Gasteiger partial charge in [-0.3, -0.25) is 10.1 Å². The van der Waals surface area contributed by atoms with E-state index in [1.807, 2.05) is 0 Å². The minimum Gasteiger partial charge on any atom is -0.396 e. The van der Waals surface area contributed by atoms with Crippen molar-refractivity contribution in [2.45, 2.75) is 6.42 Å².